The second kappa shape index (κ2) is 8.22. The molecule has 0 aromatic carbocycles. The van der Waals surface area contributed by atoms with Gasteiger partial charge in [0.15, 0.2) is 5.65 Å². The first-order chi connectivity index (χ1) is 13.9. The van der Waals surface area contributed by atoms with Crippen molar-refractivity contribution >= 4 is 5.65 Å². The minimum atomic E-state index is -4.45. The van der Waals surface area contributed by atoms with Gasteiger partial charge in [0.05, 0.1) is 11.7 Å². The van der Waals surface area contributed by atoms with Crippen LogP contribution in [0.1, 0.15) is 69.1 Å². The summed E-state index contributed by atoms with van der Waals surface area (Å²) in [5, 5.41) is 4.41. The quantitative estimate of drug-likeness (QED) is 0.737. The summed E-state index contributed by atoms with van der Waals surface area (Å²) >= 11 is 0. The van der Waals surface area contributed by atoms with Crippen molar-refractivity contribution in [2.24, 2.45) is 0 Å². The van der Waals surface area contributed by atoms with Crippen LogP contribution in [0, 0.1) is 0 Å². The van der Waals surface area contributed by atoms with Crippen LogP contribution < -0.4 is 0 Å². The van der Waals surface area contributed by atoms with Crippen molar-refractivity contribution in [2.45, 2.75) is 70.6 Å². The molecule has 2 fully saturated rings. The molecule has 0 N–H and O–H groups in total. The highest BCUT2D eigenvalue weighted by atomic mass is 19.4. The Morgan fingerprint density at radius 2 is 1.83 bits per heavy atom. The van der Waals surface area contributed by atoms with Gasteiger partial charge >= 0.3 is 6.18 Å². The molecular weight excluding hydrogens is 379 g/mol. The second-order valence-corrected chi connectivity index (χ2v) is 8.29. The Balaban J connectivity index is 1.60. The Kier molecular flexibility index (Phi) is 5.84. The summed E-state index contributed by atoms with van der Waals surface area (Å²) in [6, 6.07) is 3.47. The number of aryl methyl sites for hydroxylation is 1. The smallest absolute Gasteiger partial charge is 0.303 e. The lowest BCUT2D eigenvalue weighted by Gasteiger charge is -2.39. The van der Waals surface area contributed by atoms with E-state index in [1.807, 2.05) is 6.92 Å². The number of alkyl halides is 3. The summed E-state index contributed by atoms with van der Waals surface area (Å²) in [4.78, 5) is 9.40. The highest BCUT2D eigenvalue weighted by Gasteiger charge is 2.38. The Morgan fingerprint density at radius 3 is 2.48 bits per heavy atom. The average molecular weight is 410 g/mol. The molecule has 0 amide bonds. The largest absolute Gasteiger partial charge is 0.433 e. The van der Waals surface area contributed by atoms with Crippen LogP contribution in [0.15, 0.2) is 12.1 Å². The van der Waals surface area contributed by atoms with Crippen molar-refractivity contribution in [3.05, 3.63) is 29.2 Å². The van der Waals surface area contributed by atoms with Crippen molar-refractivity contribution in [3.63, 3.8) is 0 Å². The molecule has 5 nitrogen and oxygen atoms in total. The molecule has 29 heavy (non-hydrogen) atoms. The zero-order valence-electron chi connectivity index (χ0n) is 17.3. The summed E-state index contributed by atoms with van der Waals surface area (Å²) in [6.07, 6.45) is 1.44. The van der Waals surface area contributed by atoms with Gasteiger partial charge in [-0.3, -0.25) is 4.90 Å². The van der Waals surface area contributed by atoms with Gasteiger partial charge in [-0.15, -0.1) is 0 Å². The maximum Gasteiger partial charge on any atom is 0.433 e. The van der Waals surface area contributed by atoms with Crippen molar-refractivity contribution in [2.75, 3.05) is 26.2 Å². The van der Waals surface area contributed by atoms with Gasteiger partial charge in [-0.1, -0.05) is 13.8 Å². The molecule has 0 bridgehead atoms. The standard InChI is InChI=1S/C21H30F3N5/c1-3-9-27-11-7-16(8-12-27)28-10-5-6-18(28)17-14-20-25-15(4-2)13-19(21(22,23)24)29(20)26-17/h13-14,16,18H,3-12H2,1-2H3/t18-/m0/s1. The molecule has 2 aliphatic heterocycles. The lowest BCUT2D eigenvalue weighted by molar-refractivity contribution is -0.142. The van der Waals surface area contributed by atoms with E-state index in [0.717, 1.165) is 68.1 Å². The fourth-order valence-electron chi connectivity index (χ4n) is 4.92. The van der Waals surface area contributed by atoms with Crippen LogP contribution in [-0.4, -0.2) is 56.6 Å². The van der Waals surface area contributed by atoms with E-state index < -0.39 is 11.9 Å². The first kappa shape index (κ1) is 20.6. The molecule has 2 saturated heterocycles. The van der Waals surface area contributed by atoms with Crippen LogP contribution in [0.2, 0.25) is 0 Å². The van der Waals surface area contributed by atoms with Crippen molar-refractivity contribution in [3.8, 4) is 0 Å². The van der Waals surface area contributed by atoms with Gasteiger partial charge in [-0.05, 0) is 70.8 Å². The zero-order valence-corrected chi connectivity index (χ0v) is 17.3. The van der Waals surface area contributed by atoms with E-state index in [1.54, 1.807) is 6.07 Å². The molecule has 0 unspecified atom stereocenters. The van der Waals surface area contributed by atoms with Gasteiger partial charge in [-0.2, -0.15) is 18.3 Å². The van der Waals surface area contributed by atoms with E-state index in [9.17, 15) is 13.2 Å². The van der Waals surface area contributed by atoms with E-state index in [1.165, 1.54) is 6.42 Å². The molecule has 0 spiro atoms. The fourth-order valence-corrected chi connectivity index (χ4v) is 4.92. The number of fused-ring (bicyclic) bond motifs is 1. The number of hydrogen-bond acceptors (Lipinski definition) is 4. The number of nitrogens with zero attached hydrogens (tertiary/aromatic N) is 5. The van der Waals surface area contributed by atoms with Crippen LogP contribution in [0.4, 0.5) is 13.2 Å². The molecule has 4 heterocycles. The van der Waals surface area contributed by atoms with E-state index in [-0.39, 0.29) is 6.04 Å². The second-order valence-electron chi connectivity index (χ2n) is 8.29. The van der Waals surface area contributed by atoms with E-state index in [0.29, 0.717) is 23.8 Å². The summed E-state index contributed by atoms with van der Waals surface area (Å²) in [5.41, 5.74) is 0.743. The Labute approximate surface area is 169 Å². The number of hydrogen-bond donors (Lipinski definition) is 0. The van der Waals surface area contributed by atoms with Crippen LogP contribution in [0.3, 0.4) is 0 Å². The predicted octanol–water partition coefficient (Wildman–Crippen LogP) is 4.32. The van der Waals surface area contributed by atoms with Gasteiger partial charge in [-0.25, -0.2) is 9.50 Å². The van der Waals surface area contributed by atoms with Crippen molar-refractivity contribution < 1.29 is 13.2 Å². The predicted molar refractivity (Wildman–Crippen MR) is 106 cm³/mol. The number of halogens is 3. The third-order valence-electron chi connectivity index (χ3n) is 6.35. The molecule has 8 heteroatoms. The number of rotatable bonds is 5. The topological polar surface area (TPSA) is 36.7 Å². The summed E-state index contributed by atoms with van der Waals surface area (Å²) in [5.74, 6) is 0. The lowest BCUT2D eigenvalue weighted by atomic mass is 10.0. The van der Waals surface area contributed by atoms with Gasteiger partial charge in [0.1, 0.15) is 5.69 Å². The third kappa shape index (κ3) is 4.14. The summed E-state index contributed by atoms with van der Waals surface area (Å²) in [7, 11) is 0. The molecule has 0 aliphatic carbocycles. The Hall–Kier alpha value is -1.67. The number of likely N-dealkylation sites (tertiary alicyclic amines) is 2. The molecule has 2 aromatic heterocycles. The molecule has 0 saturated carbocycles. The van der Waals surface area contributed by atoms with Crippen molar-refractivity contribution in [1.82, 2.24) is 24.4 Å². The van der Waals surface area contributed by atoms with Gasteiger partial charge in [0.25, 0.3) is 0 Å². The highest BCUT2D eigenvalue weighted by Crippen LogP contribution is 2.37. The van der Waals surface area contributed by atoms with Crippen LogP contribution in [-0.2, 0) is 12.6 Å². The Bertz CT molecular complexity index is 839. The average Bonchev–Trinajstić information content (AvgIpc) is 3.33. The summed E-state index contributed by atoms with van der Waals surface area (Å²) in [6.45, 7) is 8.38. The van der Waals surface area contributed by atoms with Crippen LogP contribution >= 0.6 is 0 Å². The first-order valence-corrected chi connectivity index (χ1v) is 10.9. The summed E-state index contributed by atoms with van der Waals surface area (Å²) < 4.78 is 41.7. The normalized spacial score (nSPS) is 22.7. The Morgan fingerprint density at radius 1 is 1.07 bits per heavy atom. The van der Waals surface area contributed by atoms with Crippen LogP contribution in [0.25, 0.3) is 5.65 Å². The van der Waals surface area contributed by atoms with Gasteiger partial charge in [0.2, 0.25) is 0 Å². The fraction of sp³-hybridized carbons (Fsp3) is 0.714. The lowest BCUT2D eigenvalue weighted by Crippen LogP contribution is -2.44. The highest BCUT2D eigenvalue weighted by molar-refractivity contribution is 5.43. The minimum absolute atomic E-state index is 0.0885. The minimum Gasteiger partial charge on any atom is -0.303 e. The van der Waals surface area contributed by atoms with Crippen LogP contribution in [0.5, 0.6) is 0 Å². The third-order valence-corrected chi connectivity index (χ3v) is 6.35. The zero-order chi connectivity index (χ0) is 20.6. The monoisotopic (exact) mass is 409 g/mol. The molecule has 160 valence electrons. The molecule has 4 rings (SSSR count). The molecule has 0 radical (unpaired) electrons. The first-order valence-electron chi connectivity index (χ1n) is 10.9. The molecule has 2 aromatic rings. The molecule has 2 aliphatic rings. The van der Waals surface area contributed by atoms with Crippen molar-refractivity contribution in [1.29, 1.82) is 0 Å². The van der Waals surface area contributed by atoms with Gasteiger partial charge < -0.3 is 4.90 Å². The van der Waals surface area contributed by atoms with E-state index in [4.69, 9.17) is 0 Å². The molecule has 1 atom stereocenters. The van der Waals surface area contributed by atoms with E-state index >= 15 is 0 Å². The molecular formula is C21H30F3N5. The van der Waals surface area contributed by atoms with E-state index in [2.05, 4.69) is 26.8 Å². The number of piperidine rings is 1. The van der Waals surface area contributed by atoms with Gasteiger partial charge in [0, 0.05) is 17.8 Å². The number of aromatic nitrogens is 3. The maximum absolute atomic E-state index is 13.6. The SMILES string of the molecule is CCCN1CCC(N2CCC[C@H]2c2cc3nc(CC)cc(C(F)(F)F)n3n2)CC1. The maximum atomic E-state index is 13.6.